The molecular formula is C18H16BrClFN5O2S. The van der Waals surface area contributed by atoms with Crippen molar-refractivity contribution >= 4 is 51.0 Å². The Morgan fingerprint density at radius 3 is 2.86 bits per heavy atom. The molecule has 1 amide bonds. The Balaban J connectivity index is 1.57. The van der Waals surface area contributed by atoms with Crippen LogP contribution in [-0.4, -0.2) is 31.4 Å². The lowest BCUT2D eigenvalue weighted by atomic mass is 10.3. The lowest BCUT2D eigenvalue weighted by Crippen LogP contribution is -2.15. The van der Waals surface area contributed by atoms with E-state index in [4.69, 9.17) is 16.3 Å². The largest absolute Gasteiger partial charge is 0.486 e. The quantitative estimate of drug-likeness (QED) is 0.457. The highest BCUT2D eigenvalue weighted by Crippen LogP contribution is 2.23. The number of carbonyl (C=O) groups is 1. The van der Waals surface area contributed by atoms with Crippen molar-refractivity contribution in [2.75, 3.05) is 11.1 Å². The third-order valence-electron chi connectivity index (χ3n) is 3.70. The molecule has 11 heteroatoms. The predicted molar refractivity (Wildman–Crippen MR) is 113 cm³/mol. The number of anilines is 1. The van der Waals surface area contributed by atoms with Gasteiger partial charge in [-0.2, -0.15) is 0 Å². The Kier molecular flexibility index (Phi) is 7.45. The Morgan fingerprint density at radius 1 is 1.34 bits per heavy atom. The molecule has 1 aromatic carbocycles. The topological polar surface area (TPSA) is 81.9 Å². The number of rotatable bonds is 8. The molecule has 0 atom stereocenters. The van der Waals surface area contributed by atoms with Crippen molar-refractivity contribution < 1.29 is 13.9 Å². The molecule has 0 unspecified atom stereocenters. The van der Waals surface area contributed by atoms with Gasteiger partial charge in [0.2, 0.25) is 5.91 Å². The van der Waals surface area contributed by atoms with Gasteiger partial charge in [0.25, 0.3) is 0 Å². The first-order valence-corrected chi connectivity index (χ1v) is 10.7. The number of aromatic nitrogens is 4. The summed E-state index contributed by atoms with van der Waals surface area (Å²) in [6, 6.07) is 7.63. The molecule has 3 aromatic rings. The molecule has 1 N–H and O–H groups in total. The van der Waals surface area contributed by atoms with Crippen LogP contribution in [0, 0.1) is 5.82 Å². The van der Waals surface area contributed by atoms with E-state index >= 15 is 0 Å². The fraction of sp³-hybridized carbons (Fsp3) is 0.222. The van der Waals surface area contributed by atoms with E-state index in [9.17, 15) is 9.18 Å². The van der Waals surface area contributed by atoms with Gasteiger partial charge in [0, 0.05) is 23.3 Å². The number of carbonyl (C=O) groups excluding carboxylic acids is 1. The molecular weight excluding hydrogens is 485 g/mol. The third-order valence-corrected chi connectivity index (χ3v) is 5.42. The number of benzene rings is 1. The SMILES string of the molecule is CCn1c(COc2ccc(F)c(Cl)c2)nnc1SCC(=O)Nc1ccc(Br)cn1. The molecule has 0 saturated heterocycles. The van der Waals surface area contributed by atoms with Crippen molar-refractivity contribution in [2.45, 2.75) is 25.2 Å². The number of nitrogens with zero attached hydrogens (tertiary/aromatic N) is 4. The normalized spacial score (nSPS) is 10.8. The van der Waals surface area contributed by atoms with Crippen molar-refractivity contribution in [2.24, 2.45) is 0 Å². The number of hydrogen-bond acceptors (Lipinski definition) is 6. The van der Waals surface area contributed by atoms with Crippen LogP contribution >= 0.6 is 39.3 Å². The van der Waals surface area contributed by atoms with Gasteiger partial charge in [-0.05, 0) is 47.1 Å². The molecule has 0 aliphatic rings. The van der Waals surface area contributed by atoms with Crippen LogP contribution in [0.2, 0.25) is 5.02 Å². The first-order valence-electron chi connectivity index (χ1n) is 8.50. The van der Waals surface area contributed by atoms with Gasteiger partial charge >= 0.3 is 0 Å². The molecule has 0 aliphatic heterocycles. The van der Waals surface area contributed by atoms with E-state index < -0.39 is 5.82 Å². The van der Waals surface area contributed by atoms with Gasteiger partial charge in [-0.1, -0.05) is 23.4 Å². The number of amides is 1. The highest BCUT2D eigenvalue weighted by molar-refractivity contribution is 9.10. The van der Waals surface area contributed by atoms with Crippen LogP contribution in [0.15, 0.2) is 46.2 Å². The van der Waals surface area contributed by atoms with Gasteiger partial charge in [-0.25, -0.2) is 9.37 Å². The number of nitrogens with one attached hydrogen (secondary N) is 1. The van der Waals surface area contributed by atoms with Gasteiger partial charge < -0.3 is 14.6 Å². The molecule has 3 rings (SSSR count). The molecule has 0 spiro atoms. The van der Waals surface area contributed by atoms with Crippen molar-refractivity contribution in [3.05, 3.63) is 57.7 Å². The Morgan fingerprint density at radius 2 is 2.17 bits per heavy atom. The number of halogens is 3. The highest BCUT2D eigenvalue weighted by Gasteiger charge is 2.14. The monoisotopic (exact) mass is 499 g/mol. The Hall–Kier alpha value is -2.17. The standard InChI is InChI=1S/C18H16BrClFN5O2S/c1-2-26-16(9-28-12-4-5-14(21)13(20)7-12)24-25-18(26)29-10-17(27)23-15-6-3-11(19)8-22-15/h3-8H,2,9-10H2,1H3,(H,22,23,27). The second kappa shape index (κ2) is 10.0. The van der Waals surface area contributed by atoms with Crippen LogP contribution in [0.3, 0.4) is 0 Å². The zero-order valence-electron chi connectivity index (χ0n) is 15.2. The molecule has 0 radical (unpaired) electrons. The van der Waals surface area contributed by atoms with Gasteiger partial charge in [-0.3, -0.25) is 4.79 Å². The summed E-state index contributed by atoms with van der Waals surface area (Å²) >= 11 is 10.3. The van der Waals surface area contributed by atoms with Crippen LogP contribution < -0.4 is 10.1 Å². The minimum Gasteiger partial charge on any atom is -0.486 e. The maximum absolute atomic E-state index is 13.2. The molecule has 0 saturated carbocycles. The van der Waals surface area contributed by atoms with Crippen molar-refractivity contribution in [3.8, 4) is 5.75 Å². The summed E-state index contributed by atoms with van der Waals surface area (Å²) in [5, 5.41) is 11.6. The number of hydrogen-bond donors (Lipinski definition) is 1. The average molecular weight is 501 g/mol. The predicted octanol–water partition coefficient (Wildman–Crippen LogP) is 4.56. The van der Waals surface area contributed by atoms with Crippen LogP contribution in [0.4, 0.5) is 10.2 Å². The minimum absolute atomic E-state index is 0.0121. The summed E-state index contributed by atoms with van der Waals surface area (Å²) in [5.74, 6) is 0.941. The van der Waals surface area contributed by atoms with Gasteiger partial charge in [0.15, 0.2) is 11.0 Å². The summed E-state index contributed by atoms with van der Waals surface area (Å²) in [6.07, 6.45) is 1.61. The first kappa shape index (κ1) is 21.5. The van der Waals surface area contributed by atoms with Crippen molar-refractivity contribution in [1.29, 1.82) is 0 Å². The van der Waals surface area contributed by atoms with Gasteiger partial charge in [-0.15, -0.1) is 10.2 Å². The molecule has 0 aliphatic carbocycles. The molecule has 0 bridgehead atoms. The molecule has 0 fully saturated rings. The third kappa shape index (κ3) is 5.91. The first-order chi connectivity index (χ1) is 14.0. The molecule has 7 nitrogen and oxygen atoms in total. The average Bonchev–Trinajstić information content (AvgIpc) is 3.11. The van der Waals surface area contributed by atoms with Crippen molar-refractivity contribution in [3.63, 3.8) is 0 Å². The number of ether oxygens (including phenoxy) is 1. The number of thioether (sulfide) groups is 1. The summed E-state index contributed by atoms with van der Waals surface area (Å²) < 4.78 is 21.5. The van der Waals surface area contributed by atoms with Gasteiger partial charge in [0.05, 0.1) is 10.8 Å². The molecule has 152 valence electrons. The van der Waals surface area contributed by atoms with E-state index in [2.05, 4.69) is 36.4 Å². The van der Waals surface area contributed by atoms with E-state index in [1.165, 1.54) is 30.0 Å². The van der Waals surface area contributed by atoms with E-state index in [-0.39, 0.29) is 23.3 Å². The smallest absolute Gasteiger partial charge is 0.236 e. The van der Waals surface area contributed by atoms with Crippen molar-refractivity contribution in [1.82, 2.24) is 19.7 Å². The second-order valence-electron chi connectivity index (χ2n) is 5.71. The maximum Gasteiger partial charge on any atom is 0.236 e. The molecule has 2 aromatic heterocycles. The summed E-state index contributed by atoms with van der Waals surface area (Å²) in [5.41, 5.74) is 0. The summed E-state index contributed by atoms with van der Waals surface area (Å²) in [4.78, 5) is 16.2. The fourth-order valence-electron chi connectivity index (χ4n) is 2.32. The molecule has 29 heavy (non-hydrogen) atoms. The summed E-state index contributed by atoms with van der Waals surface area (Å²) in [6.45, 7) is 2.68. The van der Waals surface area contributed by atoms with Crippen LogP contribution in [0.25, 0.3) is 0 Å². The lowest BCUT2D eigenvalue weighted by molar-refractivity contribution is -0.113. The second-order valence-corrected chi connectivity index (χ2v) is 7.97. The van der Waals surface area contributed by atoms with E-state index in [1.54, 1.807) is 18.3 Å². The number of pyridine rings is 1. The van der Waals surface area contributed by atoms with Crippen LogP contribution in [0.5, 0.6) is 5.75 Å². The lowest BCUT2D eigenvalue weighted by Gasteiger charge is -2.09. The zero-order valence-corrected chi connectivity index (χ0v) is 18.4. The van der Waals surface area contributed by atoms with E-state index in [1.807, 2.05) is 11.5 Å². The Labute approximate surface area is 184 Å². The summed E-state index contributed by atoms with van der Waals surface area (Å²) in [7, 11) is 0. The highest BCUT2D eigenvalue weighted by atomic mass is 79.9. The van der Waals surface area contributed by atoms with E-state index in [0.717, 1.165) is 4.47 Å². The zero-order chi connectivity index (χ0) is 20.8. The van der Waals surface area contributed by atoms with Gasteiger partial charge in [0.1, 0.15) is 24.0 Å². The van der Waals surface area contributed by atoms with Crippen LogP contribution in [0.1, 0.15) is 12.7 Å². The van der Waals surface area contributed by atoms with E-state index in [0.29, 0.717) is 29.1 Å². The van der Waals surface area contributed by atoms with Crippen LogP contribution in [-0.2, 0) is 17.9 Å². The fourth-order valence-corrected chi connectivity index (χ4v) is 3.55. The Bertz CT molecular complexity index is 1000. The molecule has 2 heterocycles. The minimum atomic E-state index is -0.508. The maximum atomic E-state index is 13.2.